The Morgan fingerprint density at radius 1 is 1.09 bits per heavy atom. The molecule has 1 saturated heterocycles. The molecular weight excluding hydrogens is 462 g/mol. The van der Waals surface area contributed by atoms with E-state index in [-0.39, 0.29) is 35.4 Å². The Morgan fingerprint density at radius 3 is 2.49 bits per heavy atom. The van der Waals surface area contributed by atoms with Gasteiger partial charge in [0.2, 0.25) is 0 Å². The van der Waals surface area contributed by atoms with Crippen molar-refractivity contribution in [1.82, 2.24) is 5.16 Å². The van der Waals surface area contributed by atoms with Crippen molar-refractivity contribution in [2.45, 2.75) is 50.5 Å². The Morgan fingerprint density at radius 2 is 1.83 bits per heavy atom. The molecule has 1 aliphatic heterocycles. The maximum atomic E-state index is 14.0. The average molecular weight is 485 g/mol. The van der Waals surface area contributed by atoms with Crippen LogP contribution in [0.25, 0.3) is 11.3 Å². The summed E-state index contributed by atoms with van der Waals surface area (Å²) >= 11 is 0. The van der Waals surface area contributed by atoms with Crippen LogP contribution in [0.5, 0.6) is 0 Å². The number of ether oxygens (including phenoxy) is 1. The fraction of sp³-hybridized carbons (Fsp3) is 0.385. The summed E-state index contributed by atoms with van der Waals surface area (Å²) in [4.78, 5) is 2.03. The zero-order valence-corrected chi connectivity index (χ0v) is 18.8. The third-order valence-electron chi connectivity index (χ3n) is 6.60. The van der Waals surface area contributed by atoms with Crippen molar-refractivity contribution in [2.24, 2.45) is 0 Å². The maximum absolute atomic E-state index is 14.0. The molecule has 35 heavy (non-hydrogen) atoms. The normalized spacial score (nSPS) is 16.9. The van der Waals surface area contributed by atoms with Gasteiger partial charge in [-0.25, -0.2) is 4.39 Å². The van der Waals surface area contributed by atoms with Crippen molar-refractivity contribution in [3.05, 3.63) is 70.7 Å². The molecule has 0 spiro atoms. The van der Waals surface area contributed by atoms with E-state index in [1.54, 1.807) is 12.1 Å². The summed E-state index contributed by atoms with van der Waals surface area (Å²) in [6, 6.07) is 11.8. The number of rotatable bonds is 6. The SMILES string of the molecule is N#Cc1ccc(N2CCC(OCc3c(-c4ccccc4C(F)(F)F)noc3C3CC3)CC2)cc1F. The summed E-state index contributed by atoms with van der Waals surface area (Å²) in [6.07, 6.45) is -1.41. The predicted molar refractivity (Wildman–Crippen MR) is 120 cm³/mol. The molecule has 5 rings (SSSR count). The van der Waals surface area contributed by atoms with Gasteiger partial charge in [-0.1, -0.05) is 23.4 Å². The van der Waals surface area contributed by atoms with E-state index in [1.165, 1.54) is 24.3 Å². The Hall–Kier alpha value is -3.38. The third-order valence-corrected chi connectivity index (χ3v) is 6.60. The number of nitriles is 1. The second-order valence-electron chi connectivity index (χ2n) is 8.96. The van der Waals surface area contributed by atoms with Crippen molar-refractivity contribution < 1.29 is 26.8 Å². The lowest BCUT2D eigenvalue weighted by Gasteiger charge is -2.33. The number of halogens is 4. The fourth-order valence-electron chi connectivity index (χ4n) is 4.55. The second kappa shape index (κ2) is 9.34. The van der Waals surface area contributed by atoms with Crippen molar-refractivity contribution in [3.63, 3.8) is 0 Å². The first kappa shape index (κ1) is 23.4. The lowest BCUT2D eigenvalue weighted by atomic mass is 9.99. The largest absolute Gasteiger partial charge is 0.417 e. The molecule has 5 nitrogen and oxygen atoms in total. The first-order valence-corrected chi connectivity index (χ1v) is 11.6. The summed E-state index contributed by atoms with van der Waals surface area (Å²) in [7, 11) is 0. The van der Waals surface area contributed by atoms with E-state index in [2.05, 4.69) is 5.16 Å². The fourth-order valence-corrected chi connectivity index (χ4v) is 4.55. The summed E-state index contributed by atoms with van der Waals surface area (Å²) in [6.45, 7) is 1.39. The summed E-state index contributed by atoms with van der Waals surface area (Å²) in [5.41, 5.74) is 0.731. The molecule has 2 fully saturated rings. The Balaban J connectivity index is 1.30. The van der Waals surface area contributed by atoms with Crippen LogP contribution in [0.1, 0.15) is 54.1 Å². The van der Waals surface area contributed by atoms with E-state index in [1.807, 2.05) is 11.0 Å². The summed E-state index contributed by atoms with van der Waals surface area (Å²) in [5.74, 6) is 0.235. The Kier molecular flexibility index (Phi) is 6.24. The van der Waals surface area contributed by atoms with Gasteiger partial charge < -0.3 is 14.2 Å². The Labute approximate surface area is 199 Å². The van der Waals surface area contributed by atoms with Gasteiger partial charge in [0, 0.05) is 35.8 Å². The monoisotopic (exact) mass is 485 g/mol. The molecule has 2 aliphatic rings. The first-order valence-electron chi connectivity index (χ1n) is 11.6. The molecular formula is C26H23F4N3O2. The van der Waals surface area contributed by atoms with Gasteiger partial charge in [-0.2, -0.15) is 18.4 Å². The van der Waals surface area contributed by atoms with Gasteiger partial charge in [0.1, 0.15) is 23.3 Å². The summed E-state index contributed by atoms with van der Waals surface area (Å²) < 4.78 is 66.6. The van der Waals surface area contributed by atoms with Gasteiger partial charge in [-0.15, -0.1) is 0 Å². The molecule has 0 bridgehead atoms. The van der Waals surface area contributed by atoms with E-state index in [9.17, 15) is 17.6 Å². The Bertz CT molecular complexity index is 1250. The zero-order valence-electron chi connectivity index (χ0n) is 18.8. The number of aromatic nitrogens is 1. The molecule has 2 aromatic carbocycles. The minimum absolute atomic E-state index is 0.00749. The topological polar surface area (TPSA) is 62.3 Å². The van der Waals surface area contributed by atoms with E-state index >= 15 is 0 Å². The minimum Gasteiger partial charge on any atom is -0.373 e. The van der Waals surface area contributed by atoms with Crippen LogP contribution in [-0.2, 0) is 17.5 Å². The number of benzene rings is 2. The number of piperidine rings is 1. The van der Waals surface area contributed by atoms with Crippen LogP contribution in [0, 0.1) is 17.1 Å². The molecule has 3 aromatic rings. The molecule has 182 valence electrons. The van der Waals surface area contributed by atoms with Crippen LogP contribution < -0.4 is 4.90 Å². The van der Waals surface area contributed by atoms with E-state index in [0.717, 1.165) is 18.9 Å². The molecule has 0 atom stereocenters. The first-order chi connectivity index (χ1) is 16.8. The second-order valence-corrected chi connectivity index (χ2v) is 8.96. The molecule has 2 heterocycles. The molecule has 0 N–H and O–H groups in total. The molecule has 9 heteroatoms. The molecule has 1 saturated carbocycles. The highest BCUT2D eigenvalue weighted by atomic mass is 19.4. The van der Waals surface area contributed by atoms with Crippen LogP contribution in [0.2, 0.25) is 0 Å². The van der Waals surface area contributed by atoms with E-state index < -0.39 is 17.6 Å². The van der Waals surface area contributed by atoms with Gasteiger partial charge in [0.15, 0.2) is 0 Å². The number of hydrogen-bond acceptors (Lipinski definition) is 5. The van der Waals surface area contributed by atoms with Crippen LogP contribution in [0.4, 0.5) is 23.2 Å². The quantitative estimate of drug-likeness (QED) is 0.376. The number of anilines is 1. The van der Waals surface area contributed by atoms with Crippen molar-refractivity contribution in [3.8, 4) is 17.3 Å². The highest BCUT2D eigenvalue weighted by molar-refractivity contribution is 5.68. The van der Waals surface area contributed by atoms with Gasteiger partial charge in [-0.3, -0.25) is 0 Å². The number of nitrogens with zero attached hydrogens (tertiary/aromatic N) is 3. The van der Waals surface area contributed by atoms with Crippen LogP contribution in [0.15, 0.2) is 47.0 Å². The molecule has 1 aliphatic carbocycles. The van der Waals surface area contributed by atoms with Crippen LogP contribution in [-0.4, -0.2) is 24.4 Å². The average Bonchev–Trinajstić information content (AvgIpc) is 3.61. The van der Waals surface area contributed by atoms with Gasteiger partial charge in [0.25, 0.3) is 0 Å². The number of alkyl halides is 3. The smallest absolute Gasteiger partial charge is 0.373 e. The molecule has 0 radical (unpaired) electrons. The molecule has 0 amide bonds. The molecule has 0 unspecified atom stereocenters. The van der Waals surface area contributed by atoms with E-state index in [0.29, 0.717) is 42.9 Å². The summed E-state index contributed by atoms with van der Waals surface area (Å²) in [5, 5.41) is 12.9. The van der Waals surface area contributed by atoms with E-state index in [4.69, 9.17) is 14.5 Å². The van der Waals surface area contributed by atoms with Gasteiger partial charge >= 0.3 is 6.18 Å². The highest BCUT2D eigenvalue weighted by Crippen LogP contribution is 2.46. The van der Waals surface area contributed by atoms with Crippen LogP contribution >= 0.6 is 0 Å². The van der Waals surface area contributed by atoms with Crippen molar-refractivity contribution in [1.29, 1.82) is 5.26 Å². The van der Waals surface area contributed by atoms with Crippen molar-refractivity contribution >= 4 is 5.69 Å². The standard InChI is InChI=1S/C26H23F4N3O2/c27-23-13-18(8-7-17(23)14-31)33-11-9-19(10-12-33)34-15-21-24(32-35-25(21)16-5-6-16)20-3-1-2-4-22(20)26(28,29)30/h1-4,7-8,13,16,19H,5-6,9-12,15H2. The number of hydrogen-bond donors (Lipinski definition) is 0. The maximum Gasteiger partial charge on any atom is 0.417 e. The predicted octanol–water partition coefficient (Wildman–Crippen LogP) is 6.43. The van der Waals surface area contributed by atoms with Gasteiger partial charge in [0.05, 0.1) is 23.8 Å². The minimum atomic E-state index is -4.51. The third kappa shape index (κ3) is 4.89. The molecule has 1 aromatic heterocycles. The lowest BCUT2D eigenvalue weighted by molar-refractivity contribution is -0.137. The highest BCUT2D eigenvalue weighted by Gasteiger charge is 2.37. The van der Waals surface area contributed by atoms with Gasteiger partial charge in [-0.05, 0) is 49.9 Å². The zero-order chi connectivity index (χ0) is 24.6. The van der Waals surface area contributed by atoms with Crippen molar-refractivity contribution in [2.75, 3.05) is 18.0 Å². The van der Waals surface area contributed by atoms with Crippen LogP contribution in [0.3, 0.4) is 0 Å². The lowest BCUT2D eigenvalue weighted by Crippen LogP contribution is -2.37.